The Bertz CT molecular complexity index is 1270. The molecule has 0 aromatic heterocycles. The lowest BCUT2D eigenvalue weighted by Crippen LogP contribution is -2.30. The predicted molar refractivity (Wildman–Crippen MR) is 120 cm³/mol. The van der Waals surface area contributed by atoms with Gasteiger partial charge in [-0.05, 0) is 25.0 Å². The maximum atomic E-state index is 13.0. The van der Waals surface area contributed by atoms with Gasteiger partial charge in [0.25, 0.3) is 0 Å². The van der Waals surface area contributed by atoms with Crippen molar-refractivity contribution in [1.82, 2.24) is 10.0 Å². The maximum absolute atomic E-state index is 13.0. The molecule has 0 unspecified atom stereocenters. The zero-order chi connectivity index (χ0) is 24.3. The van der Waals surface area contributed by atoms with Crippen LogP contribution in [0.2, 0.25) is 0 Å². The van der Waals surface area contributed by atoms with E-state index in [0.717, 1.165) is 6.07 Å². The summed E-state index contributed by atoms with van der Waals surface area (Å²) in [6.07, 6.45) is 0.247. The second-order valence-electron chi connectivity index (χ2n) is 7.82. The van der Waals surface area contributed by atoms with Crippen LogP contribution in [0, 0.1) is 0 Å². The lowest BCUT2D eigenvalue weighted by Gasteiger charge is -2.14. The summed E-state index contributed by atoms with van der Waals surface area (Å²) < 4.78 is 27.8. The SMILES string of the molecule is C=C(C)CC(=O)NCCCNS(=O)(=O)c1cc2c(c(O)c1O)C(=O)Cc1ccccc1C2=O. The number of phenolic OH excluding ortho intramolecular Hbond substituents is 2. The van der Waals surface area contributed by atoms with Crippen molar-refractivity contribution in [3.8, 4) is 11.5 Å². The van der Waals surface area contributed by atoms with Crippen molar-refractivity contribution >= 4 is 27.5 Å². The van der Waals surface area contributed by atoms with E-state index in [1.807, 2.05) is 0 Å². The number of hydrogen-bond donors (Lipinski definition) is 4. The molecule has 0 atom stereocenters. The molecule has 1 aliphatic rings. The number of phenols is 2. The number of ketones is 2. The number of carbonyl (C=O) groups excluding carboxylic acids is 3. The highest BCUT2D eigenvalue weighted by Gasteiger charge is 2.34. The van der Waals surface area contributed by atoms with Crippen LogP contribution in [0.15, 0.2) is 47.4 Å². The van der Waals surface area contributed by atoms with Gasteiger partial charge in [0.2, 0.25) is 15.9 Å². The Labute approximate surface area is 191 Å². The molecule has 0 aliphatic heterocycles. The minimum absolute atomic E-state index is 0.0807. The van der Waals surface area contributed by atoms with Gasteiger partial charge in [0, 0.05) is 37.1 Å². The number of rotatable bonds is 8. The fourth-order valence-electron chi connectivity index (χ4n) is 3.54. The van der Waals surface area contributed by atoms with Crippen molar-refractivity contribution in [2.75, 3.05) is 13.1 Å². The number of sulfonamides is 1. The van der Waals surface area contributed by atoms with E-state index < -0.39 is 43.5 Å². The lowest BCUT2D eigenvalue weighted by molar-refractivity contribution is -0.120. The summed E-state index contributed by atoms with van der Waals surface area (Å²) in [5.74, 6) is -3.44. The highest BCUT2D eigenvalue weighted by Crippen LogP contribution is 2.40. The van der Waals surface area contributed by atoms with Crippen molar-refractivity contribution in [3.63, 3.8) is 0 Å². The summed E-state index contributed by atoms with van der Waals surface area (Å²) >= 11 is 0. The molecule has 1 amide bonds. The van der Waals surface area contributed by atoms with E-state index in [0.29, 0.717) is 11.1 Å². The molecular weight excluding hydrogens is 448 g/mol. The van der Waals surface area contributed by atoms with Gasteiger partial charge in [-0.3, -0.25) is 14.4 Å². The van der Waals surface area contributed by atoms with E-state index in [1.54, 1.807) is 25.1 Å². The first-order chi connectivity index (χ1) is 15.5. The van der Waals surface area contributed by atoms with E-state index in [2.05, 4.69) is 16.6 Å². The van der Waals surface area contributed by atoms with Crippen molar-refractivity contribution in [1.29, 1.82) is 0 Å². The van der Waals surface area contributed by atoms with Crippen LogP contribution in [-0.4, -0.2) is 49.2 Å². The van der Waals surface area contributed by atoms with Crippen LogP contribution < -0.4 is 10.0 Å². The number of Topliss-reactive ketones (excluding diaryl/α,β-unsaturated/α-hetero) is 1. The minimum Gasteiger partial charge on any atom is -0.504 e. The first-order valence-corrected chi connectivity index (χ1v) is 11.7. The van der Waals surface area contributed by atoms with Crippen LogP contribution in [-0.2, 0) is 21.2 Å². The molecule has 3 rings (SSSR count). The zero-order valence-corrected chi connectivity index (χ0v) is 18.8. The molecule has 33 heavy (non-hydrogen) atoms. The second-order valence-corrected chi connectivity index (χ2v) is 9.55. The molecule has 10 heteroatoms. The smallest absolute Gasteiger partial charge is 0.244 e. The molecule has 0 bridgehead atoms. The normalized spacial score (nSPS) is 13.1. The highest BCUT2D eigenvalue weighted by atomic mass is 32.2. The molecule has 1 aliphatic carbocycles. The van der Waals surface area contributed by atoms with Gasteiger partial charge in [-0.2, -0.15) is 0 Å². The van der Waals surface area contributed by atoms with E-state index in [1.165, 1.54) is 6.07 Å². The molecule has 0 fully saturated rings. The number of nitrogens with one attached hydrogen (secondary N) is 2. The van der Waals surface area contributed by atoms with E-state index in [-0.39, 0.29) is 49.4 Å². The average Bonchev–Trinajstić information content (AvgIpc) is 2.84. The van der Waals surface area contributed by atoms with Gasteiger partial charge in [0.15, 0.2) is 23.1 Å². The standard InChI is InChI=1S/C23H24N2O7S/c1-13(2)10-19(27)24-8-5-9-25-33(31,32)18-12-16-20(23(30)22(18)29)17(26)11-14-6-3-4-7-15(14)21(16)28/h3-4,6-7,12,25,29-30H,1,5,8-11H2,2H3,(H,24,27). The quantitative estimate of drug-likeness (QED) is 0.260. The Kier molecular flexibility index (Phi) is 6.99. The van der Waals surface area contributed by atoms with Gasteiger partial charge < -0.3 is 15.5 Å². The van der Waals surface area contributed by atoms with E-state index in [4.69, 9.17) is 0 Å². The molecule has 174 valence electrons. The summed E-state index contributed by atoms with van der Waals surface area (Å²) in [7, 11) is -4.35. The second kappa shape index (κ2) is 9.55. The highest BCUT2D eigenvalue weighted by molar-refractivity contribution is 7.89. The molecule has 0 saturated heterocycles. The molecule has 4 N–H and O–H groups in total. The number of hydrogen-bond acceptors (Lipinski definition) is 7. The van der Waals surface area contributed by atoms with Gasteiger partial charge in [0.1, 0.15) is 4.90 Å². The number of benzene rings is 2. The summed E-state index contributed by atoms with van der Waals surface area (Å²) in [6.45, 7) is 5.48. The topological polar surface area (TPSA) is 150 Å². The molecular formula is C23H24N2O7S. The van der Waals surface area contributed by atoms with Crippen LogP contribution in [0.3, 0.4) is 0 Å². The summed E-state index contributed by atoms with van der Waals surface area (Å²) in [6, 6.07) is 7.29. The lowest BCUT2D eigenvalue weighted by atomic mass is 9.98. The number of aromatic hydroxyl groups is 2. The fourth-order valence-corrected chi connectivity index (χ4v) is 4.73. The van der Waals surface area contributed by atoms with E-state index >= 15 is 0 Å². The van der Waals surface area contributed by atoms with Crippen molar-refractivity contribution in [2.24, 2.45) is 0 Å². The number of carbonyl (C=O) groups is 3. The third-order valence-electron chi connectivity index (χ3n) is 5.10. The molecule has 0 saturated carbocycles. The summed E-state index contributed by atoms with van der Waals surface area (Å²) in [5.41, 5.74) is 0.651. The van der Waals surface area contributed by atoms with E-state index in [9.17, 15) is 33.0 Å². The first-order valence-electron chi connectivity index (χ1n) is 10.2. The molecule has 0 spiro atoms. The van der Waals surface area contributed by atoms with Crippen molar-refractivity contribution in [2.45, 2.75) is 31.1 Å². The molecule has 9 nitrogen and oxygen atoms in total. The van der Waals surface area contributed by atoms with Crippen molar-refractivity contribution < 1.29 is 33.0 Å². The fraction of sp³-hybridized carbons (Fsp3) is 0.261. The summed E-state index contributed by atoms with van der Waals surface area (Å²) in [4.78, 5) is 36.6. The number of fused-ring (bicyclic) bond motifs is 2. The minimum atomic E-state index is -4.35. The Morgan fingerprint density at radius 3 is 2.48 bits per heavy atom. The predicted octanol–water partition coefficient (Wildman–Crippen LogP) is 1.82. The average molecular weight is 473 g/mol. The third-order valence-corrected chi connectivity index (χ3v) is 6.57. The van der Waals surface area contributed by atoms with Gasteiger partial charge in [0.05, 0.1) is 5.56 Å². The summed E-state index contributed by atoms with van der Waals surface area (Å²) in [5, 5.41) is 23.4. The number of amides is 1. The Morgan fingerprint density at radius 2 is 1.79 bits per heavy atom. The van der Waals surface area contributed by atoms with Crippen LogP contribution in [0.4, 0.5) is 0 Å². The van der Waals surface area contributed by atoms with Crippen LogP contribution in [0.25, 0.3) is 0 Å². The largest absolute Gasteiger partial charge is 0.504 e. The third kappa shape index (κ3) is 5.12. The Hall–Kier alpha value is -3.50. The Morgan fingerprint density at radius 1 is 1.09 bits per heavy atom. The molecule has 0 heterocycles. The Balaban J connectivity index is 1.84. The molecule has 2 aromatic rings. The van der Waals surface area contributed by atoms with Gasteiger partial charge in [-0.15, -0.1) is 0 Å². The molecule has 2 aromatic carbocycles. The van der Waals surface area contributed by atoms with Crippen LogP contribution >= 0.6 is 0 Å². The van der Waals surface area contributed by atoms with Crippen LogP contribution in [0.5, 0.6) is 11.5 Å². The zero-order valence-electron chi connectivity index (χ0n) is 18.0. The first kappa shape index (κ1) is 24.1. The van der Waals surface area contributed by atoms with Gasteiger partial charge in [-0.25, -0.2) is 13.1 Å². The van der Waals surface area contributed by atoms with Crippen molar-refractivity contribution in [3.05, 3.63) is 64.7 Å². The van der Waals surface area contributed by atoms with Crippen LogP contribution in [0.1, 0.15) is 51.6 Å². The molecule has 0 radical (unpaired) electrons. The van der Waals surface area contributed by atoms with Gasteiger partial charge in [-0.1, -0.05) is 36.4 Å². The monoisotopic (exact) mass is 472 g/mol. The maximum Gasteiger partial charge on any atom is 0.244 e. The van der Waals surface area contributed by atoms with Gasteiger partial charge >= 0.3 is 0 Å².